The molecule has 3 heterocycles. The minimum absolute atomic E-state index is 0.422. The fourth-order valence-corrected chi connectivity index (χ4v) is 10.1. The molecule has 214 valence electrons. The van der Waals surface area contributed by atoms with E-state index in [4.69, 9.17) is 0 Å². The summed E-state index contributed by atoms with van der Waals surface area (Å²) < 4.78 is 2.71. The van der Waals surface area contributed by atoms with E-state index < -0.39 is 0 Å². The van der Waals surface area contributed by atoms with Gasteiger partial charge in [-0.3, -0.25) is 0 Å². The second-order valence-corrected chi connectivity index (χ2v) is 16.1. The maximum Gasteiger partial charge on any atom is 0.0457 e. The van der Waals surface area contributed by atoms with Crippen LogP contribution in [0.4, 0.5) is 0 Å². The average molecular weight is 651 g/mol. The van der Waals surface area contributed by atoms with Crippen LogP contribution in [0.2, 0.25) is 0 Å². The third-order valence-electron chi connectivity index (χ3n) is 6.94. The van der Waals surface area contributed by atoms with E-state index in [-0.39, 0.29) is 0 Å². The van der Waals surface area contributed by atoms with E-state index >= 15 is 0 Å². The van der Waals surface area contributed by atoms with E-state index in [0.717, 1.165) is 33.5 Å². The molecule has 0 fully saturated rings. The smallest absolute Gasteiger partial charge is 0.0457 e. The van der Waals surface area contributed by atoms with Crippen LogP contribution in [0.5, 0.6) is 0 Å². The summed E-state index contributed by atoms with van der Waals surface area (Å²) in [6.07, 6.45) is 12.3. The van der Waals surface area contributed by atoms with Crippen LogP contribution in [0.15, 0.2) is 105 Å². The van der Waals surface area contributed by atoms with Gasteiger partial charge in [0.25, 0.3) is 0 Å². The summed E-state index contributed by atoms with van der Waals surface area (Å²) in [6, 6.07) is 9.15. The van der Waals surface area contributed by atoms with E-state index in [1.165, 1.54) is 51.9 Å². The SMILES string of the molecule is C=C/C(=C(\C=C/CSC(=C)c1cc2sccc2s1)C(C)CC)c1cc(SC(=C)/C2=C/CS/C=C\CS2)c(C)cc1C. The van der Waals surface area contributed by atoms with E-state index in [9.17, 15) is 0 Å². The van der Waals surface area contributed by atoms with Crippen molar-refractivity contribution < 1.29 is 0 Å². The fraction of sp³-hybridized carbons (Fsp3) is 0.257. The molecule has 41 heavy (non-hydrogen) atoms. The number of aryl methyl sites for hydroxylation is 2. The molecule has 1 aromatic carbocycles. The van der Waals surface area contributed by atoms with Crippen LogP contribution >= 0.6 is 69.7 Å². The Bertz CT molecular complexity index is 1510. The molecule has 0 nitrogen and oxygen atoms in total. The maximum absolute atomic E-state index is 4.46. The highest BCUT2D eigenvalue weighted by atomic mass is 32.2. The van der Waals surface area contributed by atoms with Crippen LogP contribution < -0.4 is 0 Å². The molecule has 0 spiro atoms. The van der Waals surface area contributed by atoms with Gasteiger partial charge in [-0.05, 0) is 83.0 Å². The highest BCUT2D eigenvalue weighted by Crippen LogP contribution is 2.41. The molecule has 0 saturated heterocycles. The Morgan fingerprint density at radius 3 is 2.66 bits per heavy atom. The summed E-state index contributed by atoms with van der Waals surface area (Å²) in [6.45, 7) is 22.1. The van der Waals surface area contributed by atoms with E-state index in [2.05, 4.69) is 107 Å². The van der Waals surface area contributed by atoms with Crippen molar-refractivity contribution in [3.8, 4) is 0 Å². The first-order chi connectivity index (χ1) is 19.8. The van der Waals surface area contributed by atoms with Crippen LogP contribution in [0.1, 0.15) is 41.8 Å². The quantitative estimate of drug-likeness (QED) is 0.141. The number of benzene rings is 1. The maximum atomic E-state index is 4.46. The second kappa shape index (κ2) is 15.8. The second-order valence-electron chi connectivity index (χ2n) is 9.82. The van der Waals surface area contributed by atoms with Gasteiger partial charge in [0.05, 0.1) is 0 Å². The van der Waals surface area contributed by atoms with Crippen molar-refractivity contribution in [2.45, 2.75) is 39.0 Å². The summed E-state index contributed by atoms with van der Waals surface area (Å²) in [5.74, 6) is 3.29. The van der Waals surface area contributed by atoms with E-state index in [1.54, 1.807) is 23.1 Å². The molecular formula is C35H38S6. The molecule has 1 unspecified atom stereocenters. The Hall–Kier alpha value is -1.54. The van der Waals surface area contributed by atoms with Gasteiger partial charge in [0.15, 0.2) is 0 Å². The average Bonchev–Trinajstić information content (AvgIpc) is 3.54. The molecule has 2 aromatic heterocycles. The van der Waals surface area contributed by atoms with Gasteiger partial charge in [0.2, 0.25) is 0 Å². The summed E-state index contributed by atoms with van der Waals surface area (Å²) in [4.78, 5) is 6.09. The van der Waals surface area contributed by atoms with Gasteiger partial charge >= 0.3 is 0 Å². The number of fused-ring (bicyclic) bond motifs is 1. The predicted octanol–water partition coefficient (Wildman–Crippen LogP) is 13.0. The molecule has 1 aliphatic rings. The van der Waals surface area contributed by atoms with Crippen molar-refractivity contribution in [3.63, 3.8) is 0 Å². The number of hydrogen-bond acceptors (Lipinski definition) is 6. The molecule has 1 aliphatic heterocycles. The van der Waals surface area contributed by atoms with Crippen molar-refractivity contribution >= 4 is 89.6 Å². The Morgan fingerprint density at radius 2 is 1.90 bits per heavy atom. The van der Waals surface area contributed by atoms with Gasteiger partial charge in [0.1, 0.15) is 0 Å². The van der Waals surface area contributed by atoms with Crippen LogP contribution in [-0.2, 0) is 0 Å². The highest BCUT2D eigenvalue weighted by molar-refractivity contribution is 8.09. The van der Waals surface area contributed by atoms with Crippen LogP contribution in [-0.4, -0.2) is 17.3 Å². The number of hydrogen-bond donors (Lipinski definition) is 0. The lowest BCUT2D eigenvalue weighted by molar-refractivity contribution is 0.672. The van der Waals surface area contributed by atoms with Crippen molar-refractivity contribution in [1.82, 2.24) is 0 Å². The molecule has 4 rings (SSSR count). The summed E-state index contributed by atoms with van der Waals surface area (Å²) in [7, 11) is 0. The Kier molecular flexibility index (Phi) is 12.5. The number of thiophene rings is 2. The number of thioether (sulfide) groups is 4. The minimum atomic E-state index is 0.422. The van der Waals surface area contributed by atoms with Gasteiger partial charge in [-0.2, -0.15) is 0 Å². The van der Waals surface area contributed by atoms with Gasteiger partial charge in [-0.15, -0.1) is 58.0 Å². The lowest BCUT2D eigenvalue weighted by Gasteiger charge is -2.20. The van der Waals surface area contributed by atoms with Gasteiger partial charge in [0, 0.05) is 51.1 Å². The van der Waals surface area contributed by atoms with Crippen LogP contribution in [0.25, 0.3) is 19.9 Å². The van der Waals surface area contributed by atoms with Crippen LogP contribution in [0.3, 0.4) is 0 Å². The van der Waals surface area contributed by atoms with Gasteiger partial charge in [-0.1, -0.05) is 81.8 Å². The largest absolute Gasteiger partial charge is 0.143 e. The normalized spacial score (nSPS) is 17.4. The summed E-state index contributed by atoms with van der Waals surface area (Å²) in [5.41, 5.74) is 6.39. The molecular weight excluding hydrogens is 613 g/mol. The molecule has 0 bridgehead atoms. The highest BCUT2D eigenvalue weighted by Gasteiger charge is 2.16. The molecule has 0 amide bonds. The molecule has 1 atom stereocenters. The third kappa shape index (κ3) is 8.52. The van der Waals surface area contributed by atoms with E-state index in [0.29, 0.717) is 5.92 Å². The van der Waals surface area contributed by atoms with Crippen molar-refractivity contribution in [2.75, 3.05) is 17.3 Å². The summed E-state index contributed by atoms with van der Waals surface area (Å²) >= 11 is 11.0. The molecule has 6 heteroatoms. The van der Waals surface area contributed by atoms with E-state index in [1.807, 2.05) is 52.7 Å². The zero-order valence-electron chi connectivity index (χ0n) is 24.3. The number of rotatable bonds is 12. The van der Waals surface area contributed by atoms with Crippen molar-refractivity contribution in [1.29, 1.82) is 0 Å². The molecule has 0 radical (unpaired) electrons. The molecule has 0 aliphatic carbocycles. The monoisotopic (exact) mass is 650 g/mol. The van der Waals surface area contributed by atoms with Crippen LogP contribution in [0, 0.1) is 19.8 Å². The standard InChI is InChI=1S/C35H38S6/c1-8-23(3)29(12-10-16-37-26(6)34-22-35-32(41-34)14-19-39-35)28(9-2)30-21-33(25(5)20-24(30)4)40-27(7)31-13-18-36-15-11-17-38-31/h9-15,19-23H,2,6-8,16-18H2,1,3-5H3/b12-10-,15-11-,29-28-,31-13-. The lowest BCUT2D eigenvalue weighted by Crippen LogP contribution is -2.01. The first-order valence-corrected chi connectivity index (χ1v) is 19.3. The lowest BCUT2D eigenvalue weighted by atomic mass is 9.87. The fourth-order valence-electron chi connectivity index (χ4n) is 4.51. The minimum Gasteiger partial charge on any atom is -0.143 e. The third-order valence-corrected chi connectivity index (χ3v) is 13.2. The Balaban J connectivity index is 1.56. The molecule has 0 N–H and O–H groups in total. The first kappa shape index (κ1) is 32.4. The number of allylic oxidation sites excluding steroid dienone is 4. The predicted molar refractivity (Wildman–Crippen MR) is 200 cm³/mol. The topological polar surface area (TPSA) is 0 Å². The zero-order valence-corrected chi connectivity index (χ0v) is 29.2. The van der Waals surface area contributed by atoms with Crippen molar-refractivity contribution in [3.05, 3.63) is 122 Å². The first-order valence-electron chi connectivity index (χ1n) is 13.7. The Morgan fingerprint density at radius 1 is 1.07 bits per heavy atom. The Labute approximate surface area is 272 Å². The molecule has 0 saturated carbocycles. The van der Waals surface area contributed by atoms with Gasteiger partial charge < -0.3 is 0 Å². The van der Waals surface area contributed by atoms with Gasteiger partial charge in [-0.25, -0.2) is 0 Å². The van der Waals surface area contributed by atoms with Crippen molar-refractivity contribution in [2.24, 2.45) is 5.92 Å². The zero-order chi connectivity index (χ0) is 29.4. The molecule has 3 aromatic rings. The summed E-state index contributed by atoms with van der Waals surface area (Å²) in [5, 5.41) is 4.35.